The topological polar surface area (TPSA) is 45.1 Å². The SMILES string of the molecule is CC(=O)C1=NN(c2ccccc2)[C@H](c2ccccc2OCc2ccccc2Cl)N1c1ccc(F)cc1. The van der Waals surface area contributed by atoms with Gasteiger partial charge in [0.1, 0.15) is 18.2 Å². The molecule has 0 amide bonds. The molecule has 5 nitrogen and oxygen atoms in total. The number of carbonyl (C=O) groups is 1. The molecule has 0 saturated carbocycles. The van der Waals surface area contributed by atoms with Gasteiger partial charge in [-0.3, -0.25) is 9.69 Å². The zero-order chi connectivity index (χ0) is 25.1. The lowest BCUT2D eigenvalue weighted by Gasteiger charge is -2.33. The van der Waals surface area contributed by atoms with Crippen molar-refractivity contribution >= 4 is 34.6 Å². The second-order valence-corrected chi connectivity index (χ2v) is 8.71. The number of nitrogens with zero attached hydrogens (tertiary/aromatic N) is 3. The van der Waals surface area contributed by atoms with Gasteiger partial charge >= 0.3 is 0 Å². The molecule has 1 aliphatic heterocycles. The summed E-state index contributed by atoms with van der Waals surface area (Å²) in [5.74, 6) is 0.295. The fourth-order valence-electron chi connectivity index (χ4n) is 4.18. The summed E-state index contributed by atoms with van der Waals surface area (Å²) < 4.78 is 20.1. The molecule has 0 aromatic heterocycles. The van der Waals surface area contributed by atoms with E-state index in [0.717, 1.165) is 16.8 Å². The van der Waals surface area contributed by atoms with Gasteiger partial charge in [0.15, 0.2) is 17.8 Å². The van der Waals surface area contributed by atoms with Crippen molar-refractivity contribution in [3.05, 3.63) is 125 Å². The number of ketones is 1. The number of benzene rings is 4. The monoisotopic (exact) mass is 499 g/mol. The molecule has 0 bridgehead atoms. The van der Waals surface area contributed by atoms with Crippen LogP contribution in [0.5, 0.6) is 5.75 Å². The van der Waals surface area contributed by atoms with Gasteiger partial charge in [-0.15, -0.1) is 5.10 Å². The third-order valence-corrected chi connectivity index (χ3v) is 6.25. The number of carbonyl (C=O) groups excluding carboxylic acids is 1. The fourth-order valence-corrected chi connectivity index (χ4v) is 4.37. The molecule has 4 aromatic carbocycles. The first-order chi connectivity index (χ1) is 17.5. The van der Waals surface area contributed by atoms with Crippen molar-refractivity contribution in [2.24, 2.45) is 5.10 Å². The Hall–Kier alpha value is -4.16. The van der Waals surface area contributed by atoms with Crippen molar-refractivity contribution in [3.8, 4) is 5.75 Å². The number of anilines is 2. The summed E-state index contributed by atoms with van der Waals surface area (Å²) >= 11 is 6.35. The number of amidine groups is 1. The summed E-state index contributed by atoms with van der Waals surface area (Å²) in [7, 11) is 0. The highest BCUT2D eigenvalue weighted by Crippen LogP contribution is 2.42. The third-order valence-electron chi connectivity index (χ3n) is 5.89. The predicted octanol–water partition coefficient (Wildman–Crippen LogP) is 6.99. The van der Waals surface area contributed by atoms with E-state index in [9.17, 15) is 9.18 Å². The zero-order valence-corrected chi connectivity index (χ0v) is 20.3. The smallest absolute Gasteiger partial charge is 0.198 e. The van der Waals surface area contributed by atoms with Crippen LogP contribution in [0.2, 0.25) is 5.02 Å². The third kappa shape index (κ3) is 4.68. The molecule has 0 fully saturated rings. The first-order valence-electron chi connectivity index (χ1n) is 11.5. The molecule has 0 saturated heterocycles. The van der Waals surface area contributed by atoms with Gasteiger partial charge in [-0.2, -0.15) is 0 Å². The molecule has 1 atom stereocenters. The number of hydrogen-bond donors (Lipinski definition) is 0. The van der Waals surface area contributed by atoms with Gasteiger partial charge in [0.2, 0.25) is 0 Å². The zero-order valence-electron chi connectivity index (χ0n) is 19.5. The van der Waals surface area contributed by atoms with Gasteiger partial charge in [-0.25, -0.2) is 9.40 Å². The van der Waals surface area contributed by atoms with Crippen molar-refractivity contribution in [1.29, 1.82) is 0 Å². The van der Waals surface area contributed by atoms with Crippen LogP contribution in [0.15, 0.2) is 108 Å². The Kier molecular flexibility index (Phi) is 6.69. The van der Waals surface area contributed by atoms with E-state index in [1.807, 2.05) is 83.8 Å². The highest BCUT2D eigenvalue weighted by atomic mass is 35.5. The van der Waals surface area contributed by atoms with E-state index >= 15 is 0 Å². The van der Waals surface area contributed by atoms with Crippen LogP contribution < -0.4 is 14.6 Å². The van der Waals surface area contributed by atoms with Crippen molar-refractivity contribution in [2.75, 3.05) is 9.91 Å². The van der Waals surface area contributed by atoms with E-state index < -0.39 is 6.17 Å². The maximum Gasteiger partial charge on any atom is 0.198 e. The lowest BCUT2D eigenvalue weighted by molar-refractivity contribution is -0.111. The molecule has 1 aliphatic rings. The number of para-hydroxylation sites is 2. The van der Waals surface area contributed by atoms with Gasteiger partial charge in [0, 0.05) is 28.8 Å². The summed E-state index contributed by atoms with van der Waals surface area (Å²) in [6.45, 7) is 1.74. The molecule has 0 aliphatic carbocycles. The molecular weight excluding hydrogens is 477 g/mol. The molecular formula is C29H23ClFN3O2. The highest BCUT2D eigenvalue weighted by Gasteiger charge is 2.40. The van der Waals surface area contributed by atoms with Crippen LogP contribution >= 0.6 is 11.6 Å². The quantitative estimate of drug-likeness (QED) is 0.275. The molecule has 4 aromatic rings. The number of hydrazone groups is 1. The summed E-state index contributed by atoms with van der Waals surface area (Å²) in [6.07, 6.45) is -0.556. The van der Waals surface area contributed by atoms with E-state index in [-0.39, 0.29) is 24.0 Å². The van der Waals surface area contributed by atoms with Crippen molar-refractivity contribution < 1.29 is 13.9 Å². The van der Waals surface area contributed by atoms with Crippen LogP contribution in [0.4, 0.5) is 15.8 Å². The Balaban J connectivity index is 1.62. The molecule has 36 heavy (non-hydrogen) atoms. The Morgan fingerprint density at radius 1 is 0.889 bits per heavy atom. The van der Waals surface area contributed by atoms with Gasteiger partial charge < -0.3 is 4.74 Å². The van der Waals surface area contributed by atoms with Gasteiger partial charge in [-0.1, -0.05) is 66.2 Å². The van der Waals surface area contributed by atoms with Crippen LogP contribution in [-0.4, -0.2) is 11.6 Å². The van der Waals surface area contributed by atoms with Gasteiger partial charge in [0.05, 0.1) is 5.69 Å². The Bertz CT molecular complexity index is 1410. The first-order valence-corrected chi connectivity index (χ1v) is 11.8. The standard InChI is InChI=1S/C29H23ClFN3O2/c1-20(35)28-32-34(24-10-3-2-4-11-24)29(33(28)23-17-15-22(31)16-18-23)25-12-6-8-14-27(25)36-19-21-9-5-7-13-26(21)30/h2-18,29H,19H2,1H3/t29-/m1/s1. The summed E-state index contributed by atoms with van der Waals surface area (Å²) in [5, 5.41) is 7.14. The maximum atomic E-state index is 13.8. The van der Waals surface area contributed by atoms with E-state index in [1.165, 1.54) is 19.1 Å². The average Bonchev–Trinajstić information content (AvgIpc) is 3.30. The number of halogens is 2. The molecule has 1 heterocycles. The minimum Gasteiger partial charge on any atom is -0.488 e. The molecule has 180 valence electrons. The maximum absolute atomic E-state index is 13.8. The van der Waals surface area contributed by atoms with Gasteiger partial charge in [0.25, 0.3) is 0 Å². The Labute approximate surface area is 214 Å². The fraction of sp³-hybridized carbons (Fsp3) is 0.103. The van der Waals surface area contributed by atoms with Crippen molar-refractivity contribution in [1.82, 2.24) is 0 Å². The molecule has 0 unspecified atom stereocenters. The minimum absolute atomic E-state index is 0.211. The Morgan fingerprint density at radius 2 is 1.56 bits per heavy atom. The second-order valence-electron chi connectivity index (χ2n) is 8.30. The number of hydrogen-bond acceptors (Lipinski definition) is 5. The molecule has 0 radical (unpaired) electrons. The van der Waals surface area contributed by atoms with Crippen LogP contribution in [0.3, 0.4) is 0 Å². The Morgan fingerprint density at radius 3 is 2.28 bits per heavy atom. The van der Waals surface area contributed by atoms with Crippen LogP contribution in [0.1, 0.15) is 24.2 Å². The van der Waals surface area contributed by atoms with Crippen molar-refractivity contribution in [2.45, 2.75) is 19.7 Å². The molecule has 7 heteroatoms. The minimum atomic E-state index is -0.556. The number of ether oxygens (including phenoxy) is 1. The second kappa shape index (κ2) is 10.2. The lowest BCUT2D eigenvalue weighted by Crippen LogP contribution is -2.38. The first kappa shape index (κ1) is 23.6. The highest BCUT2D eigenvalue weighted by molar-refractivity contribution is 6.44. The van der Waals surface area contributed by atoms with Crippen LogP contribution in [0.25, 0.3) is 0 Å². The predicted molar refractivity (Wildman–Crippen MR) is 141 cm³/mol. The van der Waals surface area contributed by atoms with Crippen molar-refractivity contribution in [3.63, 3.8) is 0 Å². The van der Waals surface area contributed by atoms with E-state index in [4.69, 9.17) is 21.4 Å². The largest absolute Gasteiger partial charge is 0.488 e. The molecule has 0 N–H and O–H groups in total. The average molecular weight is 500 g/mol. The van der Waals surface area contributed by atoms with Crippen LogP contribution in [-0.2, 0) is 11.4 Å². The summed E-state index contributed by atoms with van der Waals surface area (Å²) in [5.41, 5.74) is 3.08. The molecule has 5 rings (SSSR count). The summed E-state index contributed by atoms with van der Waals surface area (Å²) in [4.78, 5) is 14.6. The lowest BCUT2D eigenvalue weighted by atomic mass is 10.1. The molecule has 0 spiro atoms. The number of Topliss-reactive ketones (excluding diaryl/α,β-unsaturated/α-hetero) is 1. The van der Waals surface area contributed by atoms with Crippen LogP contribution in [0, 0.1) is 5.82 Å². The normalized spacial score (nSPS) is 15.1. The van der Waals surface area contributed by atoms with E-state index in [0.29, 0.717) is 16.5 Å². The van der Waals surface area contributed by atoms with E-state index in [1.54, 1.807) is 17.1 Å². The number of rotatable bonds is 7. The van der Waals surface area contributed by atoms with E-state index in [2.05, 4.69) is 0 Å². The van der Waals surface area contributed by atoms with Gasteiger partial charge in [-0.05, 0) is 48.5 Å². The summed E-state index contributed by atoms with van der Waals surface area (Å²) in [6, 6.07) is 30.8.